The van der Waals surface area contributed by atoms with Crippen LogP contribution >= 0.6 is 0 Å². The van der Waals surface area contributed by atoms with Gasteiger partial charge in [0.2, 0.25) is 0 Å². The molecule has 3 atom stereocenters. The number of Topliss-reactive ketones (excluding diaryl/α,β-unsaturated/α-hetero) is 1. The normalized spacial score (nSPS) is 23.8. The molecule has 1 fully saturated rings. The Morgan fingerprint density at radius 1 is 1.00 bits per heavy atom. The summed E-state index contributed by atoms with van der Waals surface area (Å²) in [6.07, 6.45) is 2.30. The Hall–Kier alpha value is -1.93. The van der Waals surface area contributed by atoms with Crippen molar-refractivity contribution in [2.75, 3.05) is 6.54 Å². The van der Waals surface area contributed by atoms with Crippen molar-refractivity contribution in [2.45, 2.75) is 31.8 Å². The zero-order valence-corrected chi connectivity index (χ0v) is 12.4. The topological polar surface area (TPSA) is 20.1 Å². The van der Waals surface area contributed by atoms with Gasteiger partial charge in [-0.05, 0) is 18.5 Å². The van der Waals surface area contributed by atoms with Gasteiger partial charge >= 0.3 is 0 Å². The van der Waals surface area contributed by atoms with Crippen LogP contribution in [0, 0.1) is 0 Å². The number of hydrogen-bond acceptors (Lipinski definition) is 2. The molecule has 0 radical (unpaired) electrons. The van der Waals surface area contributed by atoms with Crippen molar-refractivity contribution < 1.29 is 4.79 Å². The third-order valence-corrected chi connectivity index (χ3v) is 4.16. The highest BCUT2D eigenvalue weighted by Gasteiger charge is 2.52. The number of ketones is 1. The molecule has 1 aliphatic heterocycles. The molecule has 3 unspecified atom stereocenters. The highest BCUT2D eigenvalue weighted by molar-refractivity contribution is 6.02. The van der Waals surface area contributed by atoms with Crippen molar-refractivity contribution in [3.8, 4) is 0 Å². The van der Waals surface area contributed by atoms with E-state index in [4.69, 9.17) is 0 Å². The third-order valence-electron chi connectivity index (χ3n) is 4.16. The summed E-state index contributed by atoms with van der Waals surface area (Å²) in [6, 6.07) is 20.3. The number of nitrogens with zero attached hydrogens (tertiary/aromatic N) is 1. The van der Waals surface area contributed by atoms with E-state index in [1.165, 1.54) is 5.56 Å². The monoisotopic (exact) mass is 279 g/mol. The highest BCUT2D eigenvalue weighted by Crippen LogP contribution is 2.44. The number of hydrogen-bond donors (Lipinski definition) is 0. The minimum absolute atomic E-state index is 0.0151. The molecule has 2 aromatic carbocycles. The SMILES string of the molecule is CCCCN1C(C(=O)c2ccccc2)C1c1ccccc1. The minimum atomic E-state index is 0.0151. The molecular formula is C19H21NO. The maximum Gasteiger partial charge on any atom is 0.181 e. The van der Waals surface area contributed by atoms with Gasteiger partial charge in [0.05, 0.1) is 12.1 Å². The quantitative estimate of drug-likeness (QED) is 0.586. The lowest BCUT2D eigenvalue weighted by Crippen LogP contribution is -2.14. The van der Waals surface area contributed by atoms with Gasteiger partial charge < -0.3 is 0 Å². The molecule has 2 nitrogen and oxygen atoms in total. The summed E-state index contributed by atoms with van der Waals surface area (Å²) in [5.74, 6) is 0.251. The zero-order chi connectivity index (χ0) is 14.7. The summed E-state index contributed by atoms with van der Waals surface area (Å²) < 4.78 is 0. The van der Waals surface area contributed by atoms with Crippen LogP contribution in [0.3, 0.4) is 0 Å². The number of rotatable bonds is 6. The highest BCUT2D eigenvalue weighted by atomic mass is 16.1. The Morgan fingerprint density at radius 3 is 2.24 bits per heavy atom. The van der Waals surface area contributed by atoms with E-state index >= 15 is 0 Å². The van der Waals surface area contributed by atoms with E-state index < -0.39 is 0 Å². The van der Waals surface area contributed by atoms with E-state index in [-0.39, 0.29) is 17.9 Å². The molecule has 0 amide bonds. The van der Waals surface area contributed by atoms with E-state index in [0.717, 1.165) is 24.9 Å². The smallest absolute Gasteiger partial charge is 0.181 e. The molecule has 0 aromatic heterocycles. The van der Waals surface area contributed by atoms with Crippen molar-refractivity contribution in [1.82, 2.24) is 4.90 Å². The van der Waals surface area contributed by atoms with Gasteiger partial charge in [-0.1, -0.05) is 74.0 Å². The molecule has 0 saturated carbocycles. The van der Waals surface area contributed by atoms with Crippen LogP contribution in [0.5, 0.6) is 0 Å². The molecule has 1 heterocycles. The van der Waals surface area contributed by atoms with E-state index in [0.29, 0.717) is 0 Å². The van der Waals surface area contributed by atoms with E-state index in [1.54, 1.807) is 0 Å². The summed E-state index contributed by atoms with van der Waals surface area (Å²) in [7, 11) is 0. The van der Waals surface area contributed by atoms with Gasteiger partial charge in [-0.3, -0.25) is 9.69 Å². The standard InChI is InChI=1S/C19H21NO/c1-2-3-14-20-17(15-10-6-4-7-11-15)18(20)19(21)16-12-8-5-9-13-16/h4-13,17-18H,2-3,14H2,1H3. The number of carbonyl (C=O) groups excluding carboxylic acids is 1. The largest absolute Gasteiger partial charge is 0.292 e. The fourth-order valence-electron chi connectivity index (χ4n) is 2.99. The lowest BCUT2D eigenvalue weighted by atomic mass is 10.0. The van der Waals surface area contributed by atoms with Crippen LogP contribution in [0.1, 0.15) is 41.7 Å². The number of unbranched alkanes of at least 4 members (excludes halogenated alkanes) is 1. The van der Waals surface area contributed by atoms with Crippen LogP contribution in [-0.2, 0) is 0 Å². The van der Waals surface area contributed by atoms with Gasteiger partial charge in [-0.25, -0.2) is 0 Å². The number of benzene rings is 2. The summed E-state index contributed by atoms with van der Waals surface area (Å²) >= 11 is 0. The lowest BCUT2D eigenvalue weighted by molar-refractivity contribution is 0.0974. The fourth-order valence-corrected chi connectivity index (χ4v) is 2.99. The molecule has 1 aliphatic rings. The van der Waals surface area contributed by atoms with Crippen molar-refractivity contribution in [1.29, 1.82) is 0 Å². The predicted molar refractivity (Wildman–Crippen MR) is 85.4 cm³/mol. The van der Waals surface area contributed by atoms with E-state index in [9.17, 15) is 4.79 Å². The van der Waals surface area contributed by atoms with Crippen molar-refractivity contribution >= 4 is 5.78 Å². The van der Waals surface area contributed by atoms with Gasteiger partial charge in [0.25, 0.3) is 0 Å². The summed E-state index contributed by atoms with van der Waals surface area (Å²) in [5.41, 5.74) is 2.07. The minimum Gasteiger partial charge on any atom is -0.292 e. The van der Waals surface area contributed by atoms with Gasteiger partial charge in [0.15, 0.2) is 5.78 Å². The third kappa shape index (κ3) is 2.91. The van der Waals surface area contributed by atoms with E-state index in [1.807, 2.05) is 36.4 Å². The molecule has 0 bridgehead atoms. The summed E-state index contributed by atoms with van der Waals surface area (Å²) in [4.78, 5) is 15.1. The second kappa shape index (κ2) is 6.23. The maximum atomic E-state index is 12.7. The average molecular weight is 279 g/mol. The van der Waals surface area contributed by atoms with Crippen LogP contribution in [0.4, 0.5) is 0 Å². The van der Waals surface area contributed by atoms with Crippen LogP contribution in [0.15, 0.2) is 60.7 Å². The van der Waals surface area contributed by atoms with Crippen molar-refractivity contribution in [3.05, 3.63) is 71.8 Å². The average Bonchev–Trinajstić information content (AvgIpc) is 3.28. The molecule has 21 heavy (non-hydrogen) atoms. The Morgan fingerprint density at radius 2 is 1.62 bits per heavy atom. The predicted octanol–water partition coefficient (Wildman–Crippen LogP) is 4.09. The first-order chi connectivity index (χ1) is 10.3. The second-order valence-corrected chi connectivity index (χ2v) is 5.62. The van der Waals surface area contributed by atoms with Crippen LogP contribution in [-0.4, -0.2) is 23.3 Å². The zero-order valence-electron chi connectivity index (χ0n) is 12.4. The molecule has 2 heteroatoms. The molecular weight excluding hydrogens is 258 g/mol. The van der Waals surface area contributed by atoms with Gasteiger partial charge in [0, 0.05) is 5.56 Å². The molecule has 0 spiro atoms. The Labute approximate surface area is 126 Å². The van der Waals surface area contributed by atoms with Gasteiger partial charge in [-0.2, -0.15) is 0 Å². The van der Waals surface area contributed by atoms with Gasteiger partial charge in [-0.15, -0.1) is 0 Å². The Balaban J connectivity index is 1.81. The molecule has 0 aliphatic carbocycles. The first-order valence-electron chi connectivity index (χ1n) is 7.73. The maximum absolute atomic E-state index is 12.7. The fraction of sp³-hybridized carbons (Fsp3) is 0.316. The molecule has 1 saturated heterocycles. The molecule has 108 valence electrons. The van der Waals surface area contributed by atoms with E-state index in [2.05, 4.69) is 36.1 Å². The molecule has 2 aromatic rings. The molecule has 0 N–H and O–H groups in total. The van der Waals surface area contributed by atoms with Crippen molar-refractivity contribution in [3.63, 3.8) is 0 Å². The van der Waals surface area contributed by atoms with Crippen LogP contribution in [0.25, 0.3) is 0 Å². The Kier molecular flexibility index (Phi) is 4.16. The van der Waals surface area contributed by atoms with Crippen LogP contribution in [0.2, 0.25) is 0 Å². The van der Waals surface area contributed by atoms with Gasteiger partial charge in [0.1, 0.15) is 0 Å². The summed E-state index contributed by atoms with van der Waals surface area (Å²) in [5, 5.41) is 0. The summed E-state index contributed by atoms with van der Waals surface area (Å²) in [6.45, 7) is 3.19. The molecule has 3 rings (SSSR count). The van der Waals surface area contributed by atoms with Crippen molar-refractivity contribution in [2.24, 2.45) is 0 Å². The number of carbonyl (C=O) groups is 1. The van der Waals surface area contributed by atoms with Crippen LogP contribution < -0.4 is 0 Å². The lowest BCUT2D eigenvalue weighted by Gasteiger charge is -2.02. The first kappa shape index (κ1) is 14.0. The first-order valence-corrected chi connectivity index (χ1v) is 7.73. The second-order valence-electron chi connectivity index (χ2n) is 5.62. The Bertz CT molecular complexity index is 593.